The zero-order valence-corrected chi connectivity index (χ0v) is 13.2. The van der Waals surface area contributed by atoms with Crippen LogP contribution in [0.2, 0.25) is 0 Å². The van der Waals surface area contributed by atoms with Gasteiger partial charge < -0.3 is 9.73 Å². The fourth-order valence-electron chi connectivity index (χ4n) is 2.34. The summed E-state index contributed by atoms with van der Waals surface area (Å²) in [7, 11) is 1.97. The van der Waals surface area contributed by atoms with E-state index in [0.717, 1.165) is 36.5 Å². The third kappa shape index (κ3) is 3.12. The molecule has 0 saturated carbocycles. The lowest BCUT2D eigenvalue weighted by Crippen LogP contribution is -2.15. The Labute approximate surface area is 121 Å². The van der Waals surface area contributed by atoms with Gasteiger partial charge in [-0.15, -0.1) is 0 Å². The Morgan fingerprint density at radius 1 is 1.30 bits per heavy atom. The second-order valence-corrected chi connectivity index (χ2v) is 6.25. The van der Waals surface area contributed by atoms with Crippen LogP contribution in [0.15, 0.2) is 22.9 Å². The van der Waals surface area contributed by atoms with E-state index >= 15 is 0 Å². The van der Waals surface area contributed by atoms with E-state index in [4.69, 9.17) is 4.42 Å². The summed E-state index contributed by atoms with van der Waals surface area (Å²) in [6, 6.07) is 2.04. The molecule has 20 heavy (non-hydrogen) atoms. The normalized spacial score (nSPS) is 12.1. The van der Waals surface area contributed by atoms with Crippen molar-refractivity contribution in [3.05, 3.63) is 30.0 Å². The van der Waals surface area contributed by atoms with E-state index in [9.17, 15) is 0 Å². The summed E-state index contributed by atoms with van der Waals surface area (Å²) in [5, 5.41) is 8.02. The topological polar surface area (TPSA) is 43.0 Å². The van der Waals surface area contributed by atoms with E-state index in [1.807, 2.05) is 17.8 Å². The standard InChI is InChI=1S/C16H25N3O/c1-6-8-17-10-14-12(7-9-20-14)13-11-19(5)18-15(13)16(2,3)4/h7,9,11,17H,6,8,10H2,1-5H3. The molecule has 0 aliphatic heterocycles. The largest absolute Gasteiger partial charge is 0.467 e. The van der Waals surface area contributed by atoms with Crippen molar-refractivity contribution in [3.63, 3.8) is 0 Å². The maximum absolute atomic E-state index is 5.64. The number of nitrogens with zero attached hydrogens (tertiary/aromatic N) is 2. The zero-order valence-electron chi connectivity index (χ0n) is 13.2. The fraction of sp³-hybridized carbons (Fsp3) is 0.562. The van der Waals surface area contributed by atoms with Crippen molar-refractivity contribution in [1.82, 2.24) is 15.1 Å². The molecule has 0 aliphatic rings. The van der Waals surface area contributed by atoms with Gasteiger partial charge >= 0.3 is 0 Å². The van der Waals surface area contributed by atoms with E-state index in [2.05, 4.69) is 44.3 Å². The minimum atomic E-state index is 0.0159. The first kappa shape index (κ1) is 14.9. The minimum absolute atomic E-state index is 0.0159. The molecule has 2 aromatic heterocycles. The molecule has 2 heterocycles. The molecule has 0 atom stereocenters. The molecule has 0 spiro atoms. The van der Waals surface area contributed by atoms with Crippen molar-refractivity contribution >= 4 is 0 Å². The van der Waals surface area contributed by atoms with Crippen LogP contribution in [0.25, 0.3) is 11.1 Å². The maximum atomic E-state index is 5.64. The highest BCUT2D eigenvalue weighted by Crippen LogP contribution is 2.34. The average Bonchev–Trinajstić information content (AvgIpc) is 2.94. The Hall–Kier alpha value is -1.55. The number of furan rings is 1. The third-order valence-corrected chi connectivity index (χ3v) is 3.29. The van der Waals surface area contributed by atoms with E-state index in [0.29, 0.717) is 0 Å². The number of hydrogen-bond donors (Lipinski definition) is 1. The van der Waals surface area contributed by atoms with Gasteiger partial charge in [-0.2, -0.15) is 5.10 Å². The number of nitrogens with one attached hydrogen (secondary N) is 1. The molecule has 4 nitrogen and oxygen atoms in total. The molecule has 4 heteroatoms. The Morgan fingerprint density at radius 3 is 2.70 bits per heavy atom. The smallest absolute Gasteiger partial charge is 0.125 e. The third-order valence-electron chi connectivity index (χ3n) is 3.29. The second kappa shape index (κ2) is 5.83. The van der Waals surface area contributed by atoms with Crippen LogP contribution in [0.1, 0.15) is 45.6 Å². The molecule has 0 amide bonds. The van der Waals surface area contributed by atoms with Crippen LogP contribution in [0.4, 0.5) is 0 Å². The van der Waals surface area contributed by atoms with Crippen LogP contribution < -0.4 is 5.32 Å². The molecule has 2 aromatic rings. The molecule has 110 valence electrons. The van der Waals surface area contributed by atoms with Gasteiger partial charge in [0.25, 0.3) is 0 Å². The lowest BCUT2D eigenvalue weighted by Gasteiger charge is -2.17. The summed E-state index contributed by atoms with van der Waals surface area (Å²) in [6.45, 7) is 10.5. The van der Waals surface area contributed by atoms with Crippen LogP contribution in [-0.4, -0.2) is 16.3 Å². The van der Waals surface area contributed by atoms with Gasteiger partial charge in [0.05, 0.1) is 18.5 Å². The van der Waals surface area contributed by atoms with Gasteiger partial charge in [0.2, 0.25) is 0 Å². The van der Waals surface area contributed by atoms with E-state index < -0.39 is 0 Å². The van der Waals surface area contributed by atoms with Crippen molar-refractivity contribution in [3.8, 4) is 11.1 Å². The summed E-state index contributed by atoms with van der Waals surface area (Å²) in [6.07, 6.45) is 4.96. The molecule has 0 bridgehead atoms. The molecule has 0 aliphatic carbocycles. The van der Waals surface area contributed by atoms with Gasteiger partial charge in [-0.25, -0.2) is 0 Å². The van der Waals surface area contributed by atoms with Gasteiger partial charge in [0, 0.05) is 29.8 Å². The van der Waals surface area contributed by atoms with Gasteiger partial charge in [-0.05, 0) is 19.0 Å². The van der Waals surface area contributed by atoms with Crippen molar-refractivity contribution in [2.75, 3.05) is 6.54 Å². The molecule has 0 saturated heterocycles. The first-order valence-electron chi connectivity index (χ1n) is 7.25. The van der Waals surface area contributed by atoms with Gasteiger partial charge in [0.15, 0.2) is 0 Å². The first-order chi connectivity index (χ1) is 9.43. The highest BCUT2D eigenvalue weighted by Gasteiger charge is 2.24. The van der Waals surface area contributed by atoms with E-state index in [-0.39, 0.29) is 5.41 Å². The van der Waals surface area contributed by atoms with Crippen molar-refractivity contribution in [2.24, 2.45) is 7.05 Å². The predicted molar refractivity (Wildman–Crippen MR) is 81.6 cm³/mol. The van der Waals surface area contributed by atoms with E-state index in [1.54, 1.807) is 6.26 Å². The maximum Gasteiger partial charge on any atom is 0.125 e. The zero-order chi connectivity index (χ0) is 14.8. The Balaban J connectivity index is 2.35. The summed E-state index contributed by atoms with van der Waals surface area (Å²) in [5.41, 5.74) is 3.44. The van der Waals surface area contributed by atoms with Gasteiger partial charge in [0.1, 0.15) is 5.76 Å². The summed E-state index contributed by atoms with van der Waals surface area (Å²) in [5.74, 6) is 0.983. The van der Waals surface area contributed by atoms with Crippen molar-refractivity contribution < 1.29 is 4.42 Å². The second-order valence-electron chi connectivity index (χ2n) is 6.25. The van der Waals surface area contributed by atoms with Crippen LogP contribution in [0.5, 0.6) is 0 Å². The molecule has 0 fully saturated rings. The average molecular weight is 275 g/mol. The molecular formula is C16H25N3O. The number of aryl methyl sites for hydroxylation is 1. The molecule has 2 rings (SSSR count). The highest BCUT2D eigenvalue weighted by molar-refractivity contribution is 5.68. The monoisotopic (exact) mass is 275 g/mol. The highest BCUT2D eigenvalue weighted by atomic mass is 16.3. The predicted octanol–water partition coefficient (Wildman–Crippen LogP) is 3.48. The van der Waals surface area contributed by atoms with Gasteiger partial charge in [-0.3, -0.25) is 4.68 Å². The lowest BCUT2D eigenvalue weighted by molar-refractivity contribution is 0.484. The Morgan fingerprint density at radius 2 is 2.05 bits per heavy atom. The molecule has 1 N–H and O–H groups in total. The molecule has 0 radical (unpaired) electrons. The summed E-state index contributed by atoms with van der Waals surface area (Å²) in [4.78, 5) is 0. The Kier molecular flexibility index (Phi) is 4.33. The summed E-state index contributed by atoms with van der Waals surface area (Å²) < 4.78 is 7.52. The number of rotatable bonds is 5. The minimum Gasteiger partial charge on any atom is -0.467 e. The number of aromatic nitrogens is 2. The van der Waals surface area contributed by atoms with Crippen LogP contribution in [-0.2, 0) is 19.0 Å². The lowest BCUT2D eigenvalue weighted by atomic mass is 9.87. The van der Waals surface area contributed by atoms with Crippen molar-refractivity contribution in [1.29, 1.82) is 0 Å². The van der Waals surface area contributed by atoms with Crippen molar-refractivity contribution in [2.45, 2.75) is 46.1 Å². The molecular weight excluding hydrogens is 250 g/mol. The molecule has 0 unspecified atom stereocenters. The fourth-order valence-corrected chi connectivity index (χ4v) is 2.34. The Bertz CT molecular complexity index is 561. The van der Waals surface area contributed by atoms with Crippen LogP contribution in [0.3, 0.4) is 0 Å². The first-order valence-corrected chi connectivity index (χ1v) is 7.25. The van der Waals surface area contributed by atoms with E-state index in [1.165, 1.54) is 5.56 Å². The molecule has 0 aromatic carbocycles. The SMILES string of the molecule is CCCNCc1occc1-c1cn(C)nc1C(C)(C)C. The summed E-state index contributed by atoms with van der Waals surface area (Å²) >= 11 is 0. The van der Waals surface area contributed by atoms with Crippen LogP contribution >= 0.6 is 0 Å². The number of hydrogen-bond acceptors (Lipinski definition) is 3. The van der Waals surface area contributed by atoms with Crippen LogP contribution in [0, 0.1) is 0 Å². The quantitative estimate of drug-likeness (QED) is 0.850. The van der Waals surface area contributed by atoms with Gasteiger partial charge in [-0.1, -0.05) is 27.7 Å².